The van der Waals surface area contributed by atoms with Crippen molar-refractivity contribution >= 4 is 11.3 Å². The molecular weight excluding hydrogens is 210 g/mol. The third kappa shape index (κ3) is 3.87. The molecule has 84 valence electrons. The summed E-state index contributed by atoms with van der Waals surface area (Å²) in [6, 6.07) is 0. The van der Waals surface area contributed by atoms with E-state index in [-0.39, 0.29) is 0 Å². The van der Waals surface area contributed by atoms with Crippen molar-refractivity contribution in [1.82, 2.24) is 15.6 Å². The number of ether oxygens (including phenoxy) is 1. The first kappa shape index (κ1) is 11.0. The molecule has 2 rings (SSSR count). The number of rotatable bonds is 5. The van der Waals surface area contributed by atoms with Gasteiger partial charge in [0.2, 0.25) is 0 Å². The summed E-state index contributed by atoms with van der Waals surface area (Å²) in [7, 11) is 0. The van der Waals surface area contributed by atoms with Crippen LogP contribution in [0.3, 0.4) is 0 Å². The normalized spacial score (nSPS) is 21.7. The second kappa shape index (κ2) is 6.17. The fourth-order valence-electron chi connectivity index (χ4n) is 1.61. The van der Waals surface area contributed by atoms with Gasteiger partial charge in [-0.25, -0.2) is 4.98 Å². The molecule has 0 spiro atoms. The van der Waals surface area contributed by atoms with Crippen molar-refractivity contribution < 1.29 is 4.74 Å². The minimum atomic E-state index is 0.377. The molecule has 1 aliphatic rings. The van der Waals surface area contributed by atoms with E-state index in [0.29, 0.717) is 6.10 Å². The molecule has 0 radical (unpaired) electrons. The highest BCUT2D eigenvalue weighted by atomic mass is 32.1. The van der Waals surface area contributed by atoms with Gasteiger partial charge in [-0.05, 0) is 13.0 Å². The van der Waals surface area contributed by atoms with E-state index in [1.807, 2.05) is 5.51 Å². The number of thiazole rings is 1. The van der Waals surface area contributed by atoms with Crippen molar-refractivity contribution in [1.29, 1.82) is 0 Å². The molecule has 0 bridgehead atoms. The molecule has 1 unspecified atom stereocenters. The van der Waals surface area contributed by atoms with Gasteiger partial charge in [0.15, 0.2) is 0 Å². The van der Waals surface area contributed by atoms with E-state index in [1.165, 1.54) is 0 Å². The average Bonchev–Trinajstić information content (AvgIpc) is 2.79. The first-order valence-corrected chi connectivity index (χ1v) is 6.29. The molecule has 1 fully saturated rings. The summed E-state index contributed by atoms with van der Waals surface area (Å²) in [5, 5.41) is 8.77. The van der Waals surface area contributed by atoms with Crippen LogP contribution in [0, 0.1) is 0 Å². The number of nitrogens with zero attached hydrogens (tertiary/aromatic N) is 1. The lowest BCUT2D eigenvalue weighted by atomic mass is 10.2. The number of hydrogen-bond acceptors (Lipinski definition) is 5. The van der Waals surface area contributed by atoms with Gasteiger partial charge in [0.25, 0.3) is 0 Å². The zero-order valence-electron chi connectivity index (χ0n) is 8.74. The topological polar surface area (TPSA) is 46.2 Å². The minimum Gasteiger partial charge on any atom is -0.376 e. The molecule has 1 aliphatic heterocycles. The molecule has 0 saturated carbocycles. The van der Waals surface area contributed by atoms with Gasteiger partial charge in [0, 0.05) is 25.0 Å². The zero-order chi connectivity index (χ0) is 10.3. The smallest absolute Gasteiger partial charge is 0.0795 e. The van der Waals surface area contributed by atoms with Crippen LogP contribution in [-0.4, -0.2) is 37.3 Å². The maximum Gasteiger partial charge on any atom is 0.0795 e. The Balaban J connectivity index is 1.54. The van der Waals surface area contributed by atoms with Gasteiger partial charge >= 0.3 is 0 Å². The standard InChI is InChI=1S/C10H17N3OS/c1(10-6-12-3-4-14-10)2-11-5-9-7-15-8-13-9/h7-8,10-12H,1-6H2. The SMILES string of the molecule is c1nc(CNCCC2CNCCO2)cs1. The van der Waals surface area contributed by atoms with Gasteiger partial charge in [-0.1, -0.05) is 0 Å². The van der Waals surface area contributed by atoms with E-state index in [4.69, 9.17) is 4.74 Å². The number of hydrogen-bond donors (Lipinski definition) is 2. The number of aromatic nitrogens is 1. The molecular formula is C10H17N3OS. The van der Waals surface area contributed by atoms with Crippen LogP contribution in [0.25, 0.3) is 0 Å². The van der Waals surface area contributed by atoms with Crippen LogP contribution >= 0.6 is 11.3 Å². The van der Waals surface area contributed by atoms with Gasteiger partial charge < -0.3 is 15.4 Å². The zero-order valence-corrected chi connectivity index (χ0v) is 9.55. The van der Waals surface area contributed by atoms with Crippen LogP contribution in [0.1, 0.15) is 12.1 Å². The molecule has 2 heterocycles. The second-order valence-electron chi connectivity index (χ2n) is 3.64. The molecule has 1 atom stereocenters. The number of nitrogens with one attached hydrogen (secondary N) is 2. The van der Waals surface area contributed by atoms with Crippen molar-refractivity contribution in [2.45, 2.75) is 19.1 Å². The van der Waals surface area contributed by atoms with E-state index in [2.05, 4.69) is 21.0 Å². The van der Waals surface area contributed by atoms with E-state index >= 15 is 0 Å². The summed E-state index contributed by atoms with van der Waals surface area (Å²) in [5.41, 5.74) is 2.99. The van der Waals surface area contributed by atoms with E-state index in [1.54, 1.807) is 11.3 Å². The maximum atomic E-state index is 5.60. The van der Waals surface area contributed by atoms with Crippen LogP contribution in [0.4, 0.5) is 0 Å². The molecule has 1 saturated heterocycles. The predicted molar refractivity (Wildman–Crippen MR) is 61.0 cm³/mol. The molecule has 1 aromatic heterocycles. The summed E-state index contributed by atoms with van der Waals surface area (Å²) in [5.74, 6) is 0. The maximum absolute atomic E-state index is 5.60. The lowest BCUT2D eigenvalue weighted by Crippen LogP contribution is -2.39. The molecule has 15 heavy (non-hydrogen) atoms. The lowest BCUT2D eigenvalue weighted by Gasteiger charge is -2.23. The van der Waals surface area contributed by atoms with Crippen molar-refractivity contribution in [2.75, 3.05) is 26.2 Å². The van der Waals surface area contributed by atoms with Gasteiger partial charge in [-0.3, -0.25) is 0 Å². The number of morpholine rings is 1. The van der Waals surface area contributed by atoms with Crippen LogP contribution in [-0.2, 0) is 11.3 Å². The van der Waals surface area contributed by atoms with Crippen molar-refractivity contribution in [3.63, 3.8) is 0 Å². The van der Waals surface area contributed by atoms with Gasteiger partial charge in [0.05, 0.1) is 23.9 Å². The Hall–Kier alpha value is -0.490. The summed E-state index contributed by atoms with van der Waals surface area (Å²) in [6.07, 6.45) is 1.44. The van der Waals surface area contributed by atoms with Gasteiger partial charge in [-0.15, -0.1) is 11.3 Å². The van der Waals surface area contributed by atoms with E-state index in [0.717, 1.165) is 44.9 Å². The summed E-state index contributed by atoms with van der Waals surface area (Å²) in [4.78, 5) is 4.21. The molecule has 0 aliphatic carbocycles. The fraction of sp³-hybridized carbons (Fsp3) is 0.700. The van der Waals surface area contributed by atoms with Crippen molar-refractivity contribution in [2.24, 2.45) is 0 Å². The Morgan fingerprint density at radius 2 is 2.67 bits per heavy atom. The Bertz CT molecular complexity index is 260. The lowest BCUT2D eigenvalue weighted by molar-refractivity contribution is 0.0238. The van der Waals surface area contributed by atoms with Crippen molar-refractivity contribution in [3.05, 3.63) is 16.6 Å². The largest absolute Gasteiger partial charge is 0.376 e. The van der Waals surface area contributed by atoms with Crippen LogP contribution in [0.5, 0.6) is 0 Å². The average molecular weight is 227 g/mol. The summed E-state index contributed by atoms with van der Waals surface area (Å²) < 4.78 is 5.60. The minimum absolute atomic E-state index is 0.377. The molecule has 1 aromatic rings. The monoisotopic (exact) mass is 227 g/mol. The Morgan fingerprint density at radius 3 is 3.40 bits per heavy atom. The van der Waals surface area contributed by atoms with Gasteiger partial charge in [-0.2, -0.15) is 0 Å². The highest BCUT2D eigenvalue weighted by molar-refractivity contribution is 7.07. The highest BCUT2D eigenvalue weighted by Crippen LogP contribution is 2.02. The van der Waals surface area contributed by atoms with Crippen LogP contribution in [0.15, 0.2) is 10.9 Å². The summed E-state index contributed by atoms with van der Waals surface area (Å²) >= 11 is 1.64. The predicted octanol–water partition coefficient (Wildman–Crippen LogP) is 0.611. The Labute approximate surface area is 94.1 Å². The Kier molecular flexibility index (Phi) is 4.53. The first-order valence-electron chi connectivity index (χ1n) is 5.35. The molecule has 5 heteroatoms. The molecule has 0 amide bonds. The van der Waals surface area contributed by atoms with E-state index < -0.39 is 0 Å². The van der Waals surface area contributed by atoms with Crippen LogP contribution in [0.2, 0.25) is 0 Å². The second-order valence-corrected chi connectivity index (χ2v) is 4.36. The molecule has 2 N–H and O–H groups in total. The Morgan fingerprint density at radius 1 is 1.67 bits per heavy atom. The van der Waals surface area contributed by atoms with Crippen molar-refractivity contribution in [3.8, 4) is 0 Å². The van der Waals surface area contributed by atoms with E-state index in [9.17, 15) is 0 Å². The first-order chi connectivity index (χ1) is 7.45. The fourth-order valence-corrected chi connectivity index (χ4v) is 2.17. The highest BCUT2D eigenvalue weighted by Gasteiger charge is 2.12. The van der Waals surface area contributed by atoms with Crippen LogP contribution < -0.4 is 10.6 Å². The third-order valence-electron chi connectivity index (χ3n) is 2.44. The third-order valence-corrected chi connectivity index (χ3v) is 3.07. The quantitative estimate of drug-likeness (QED) is 0.724. The van der Waals surface area contributed by atoms with Gasteiger partial charge in [0.1, 0.15) is 0 Å². The molecule has 4 nitrogen and oxygen atoms in total. The molecule has 0 aromatic carbocycles. The summed E-state index contributed by atoms with van der Waals surface area (Å²) in [6.45, 7) is 4.67.